The molecular formula is C11H12ClN3S. The van der Waals surface area contributed by atoms with E-state index in [1.54, 1.807) is 0 Å². The van der Waals surface area contributed by atoms with Gasteiger partial charge in [0.2, 0.25) is 4.47 Å². The maximum absolute atomic E-state index is 5.73. The summed E-state index contributed by atoms with van der Waals surface area (Å²) in [4.78, 5) is 2.19. The number of hydrogen-bond donors (Lipinski definition) is 0. The van der Waals surface area contributed by atoms with Crippen LogP contribution in [-0.4, -0.2) is 22.1 Å². The SMILES string of the molecule is CN(Cc1ccccc1)Cc1nnc(Cl)s1. The molecule has 1 aromatic carbocycles. The molecule has 0 aliphatic rings. The number of nitrogens with zero attached hydrogens (tertiary/aromatic N) is 3. The van der Waals surface area contributed by atoms with Gasteiger partial charge in [-0.25, -0.2) is 0 Å². The Balaban J connectivity index is 1.92. The van der Waals surface area contributed by atoms with Crippen LogP contribution in [0.1, 0.15) is 10.6 Å². The van der Waals surface area contributed by atoms with Crippen LogP contribution < -0.4 is 0 Å². The summed E-state index contributed by atoms with van der Waals surface area (Å²) >= 11 is 7.16. The van der Waals surface area contributed by atoms with Gasteiger partial charge in [-0.15, -0.1) is 10.2 Å². The van der Waals surface area contributed by atoms with Crippen molar-refractivity contribution in [3.05, 3.63) is 45.4 Å². The van der Waals surface area contributed by atoms with Crippen LogP contribution in [0, 0.1) is 0 Å². The molecule has 1 heterocycles. The Bertz CT molecular complexity index is 444. The average Bonchev–Trinajstić information content (AvgIpc) is 2.65. The molecule has 0 aliphatic carbocycles. The number of benzene rings is 1. The van der Waals surface area contributed by atoms with Crippen LogP contribution in [0.3, 0.4) is 0 Å². The van der Waals surface area contributed by atoms with Gasteiger partial charge in [0.1, 0.15) is 5.01 Å². The molecule has 0 N–H and O–H groups in total. The monoisotopic (exact) mass is 253 g/mol. The number of halogens is 1. The summed E-state index contributed by atoms with van der Waals surface area (Å²) in [5, 5.41) is 8.72. The Labute approximate surface area is 104 Å². The zero-order chi connectivity index (χ0) is 11.4. The lowest BCUT2D eigenvalue weighted by Gasteiger charge is -2.14. The van der Waals surface area contributed by atoms with Gasteiger partial charge in [0.05, 0.1) is 6.54 Å². The van der Waals surface area contributed by atoms with Crippen LogP contribution in [0.4, 0.5) is 0 Å². The van der Waals surface area contributed by atoms with Crippen molar-refractivity contribution < 1.29 is 0 Å². The Hall–Kier alpha value is -0.970. The lowest BCUT2D eigenvalue weighted by Crippen LogP contribution is -2.16. The summed E-state index contributed by atoms with van der Waals surface area (Å²) in [6.45, 7) is 1.68. The molecule has 0 aliphatic heterocycles. The molecule has 0 amide bonds. The molecule has 3 nitrogen and oxygen atoms in total. The minimum Gasteiger partial charge on any atom is -0.295 e. The van der Waals surface area contributed by atoms with Gasteiger partial charge in [0, 0.05) is 6.54 Å². The van der Waals surface area contributed by atoms with Crippen LogP contribution in [-0.2, 0) is 13.1 Å². The third-order valence-electron chi connectivity index (χ3n) is 2.14. The Morgan fingerprint density at radius 1 is 1.19 bits per heavy atom. The first-order valence-electron chi connectivity index (χ1n) is 4.94. The molecule has 0 fully saturated rings. The predicted octanol–water partition coefficient (Wildman–Crippen LogP) is 2.82. The average molecular weight is 254 g/mol. The highest BCUT2D eigenvalue weighted by molar-refractivity contribution is 7.15. The lowest BCUT2D eigenvalue weighted by atomic mass is 10.2. The summed E-state index contributed by atoms with van der Waals surface area (Å²) in [6, 6.07) is 10.3. The van der Waals surface area contributed by atoms with Gasteiger partial charge < -0.3 is 0 Å². The zero-order valence-corrected chi connectivity index (χ0v) is 10.5. The summed E-state index contributed by atoms with van der Waals surface area (Å²) in [5.41, 5.74) is 1.29. The summed E-state index contributed by atoms with van der Waals surface area (Å²) in [7, 11) is 2.06. The van der Waals surface area contributed by atoms with E-state index in [-0.39, 0.29) is 0 Å². The maximum Gasteiger partial charge on any atom is 0.207 e. The van der Waals surface area contributed by atoms with Crippen LogP contribution in [0.15, 0.2) is 30.3 Å². The van der Waals surface area contributed by atoms with Crippen LogP contribution in [0.2, 0.25) is 4.47 Å². The first kappa shape index (κ1) is 11.5. The highest BCUT2D eigenvalue weighted by atomic mass is 35.5. The Morgan fingerprint density at radius 2 is 1.94 bits per heavy atom. The highest BCUT2D eigenvalue weighted by Crippen LogP contribution is 2.16. The minimum absolute atomic E-state index is 0.503. The van der Waals surface area contributed by atoms with Gasteiger partial charge in [0.15, 0.2) is 0 Å². The molecule has 0 bridgehead atoms. The van der Waals surface area contributed by atoms with Crippen molar-refractivity contribution in [2.75, 3.05) is 7.05 Å². The highest BCUT2D eigenvalue weighted by Gasteiger charge is 2.06. The normalized spacial score (nSPS) is 10.9. The molecule has 0 atom stereocenters. The van der Waals surface area contributed by atoms with Gasteiger partial charge in [-0.3, -0.25) is 4.90 Å². The topological polar surface area (TPSA) is 29.0 Å². The zero-order valence-electron chi connectivity index (χ0n) is 8.93. The fourth-order valence-corrected chi connectivity index (χ4v) is 2.43. The van der Waals surface area contributed by atoms with Crippen molar-refractivity contribution in [2.45, 2.75) is 13.1 Å². The van der Waals surface area contributed by atoms with Crippen molar-refractivity contribution in [1.82, 2.24) is 15.1 Å². The third kappa shape index (κ3) is 3.27. The van der Waals surface area contributed by atoms with Crippen molar-refractivity contribution in [3.63, 3.8) is 0 Å². The van der Waals surface area contributed by atoms with Gasteiger partial charge in [0.25, 0.3) is 0 Å². The first-order valence-corrected chi connectivity index (χ1v) is 6.14. The second kappa shape index (κ2) is 5.39. The van der Waals surface area contributed by atoms with E-state index in [9.17, 15) is 0 Å². The molecule has 0 saturated heterocycles. The number of rotatable bonds is 4. The van der Waals surface area contributed by atoms with E-state index in [4.69, 9.17) is 11.6 Å². The van der Waals surface area contributed by atoms with E-state index in [1.807, 2.05) is 18.2 Å². The van der Waals surface area contributed by atoms with E-state index in [1.165, 1.54) is 16.9 Å². The molecule has 0 unspecified atom stereocenters. The minimum atomic E-state index is 0.503. The fraction of sp³-hybridized carbons (Fsp3) is 0.273. The second-order valence-corrected chi connectivity index (χ2v) is 5.25. The molecule has 0 spiro atoms. The van der Waals surface area contributed by atoms with E-state index >= 15 is 0 Å². The van der Waals surface area contributed by atoms with E-state index in [2.05, 4.69) is 34.3 Å². The predicted molar refractivity (Wildman–Crippen MR) is 66.5 cm³/mol. The molecule has 84 valence electrons. The van der Waals surface area contributed by atoms with Gasteiger partial charge in [-0.2, -0.15) is 0 Å². The maximum atomic E-state index is 5.73. The van der Waals surface area contributed by atoms with Crippen molar-refractivity contribution in [3.8, 4) is 0 Å². The molecule has 0 radical (unpaired) electrons. The second-order valence-electron chi connectivity index (χ2n) is 3.61. The Kier molecular flexibility index (Phi) is 3.88. The van der Waals surface area contributed by atoms with Gasteiger partial charge in [-0.1, -0.05) is 41.7 Å². The van der Waals surface area contributed by atoms with Gasteiger partial charge in [-0.05, 0) is 24.2 Å². The summed E-state index contributed by atoms with van der Waals surface area (Å²) in [5.74, 6) is 0. The van der Waals surface area contributed by atoms with Crippen molar-refractivity contribution >= 4 is 22.9 Å². The summed E-state index contributed by atoms with van der Waals surface area (Å²) in [6.07, 6.45) is 0. The molecule has 1 aromatic heterocycles. The first-order chi connectivity index (χ1) is 7.74. The quantitative estimate of drug-likeness (QED) is 0.839. The van der Waals surface area contributed by atoms with Crippen LogP contribution in [0.5, 0.6) is 0 Å². The Morgan fingerprint density at radius 3 is 2.56 bits per heavy atom. The lowest BCUT2D eigenvalue weighted by molar-refractivity contribution is 0.317. The molecule has 5 heteroatoms. The van der Waals surface area contributed by atoms with E-state index in [0.29, 0.717) is 4.47 Å². The van der Waals surface area contributed by atoms with E-state index < -0.39 is 0 Å². The standard InChI is InChI=1S/C11H12ClN3S/c1-15(7-9-5-3-2-4-6-9)8-10-13-14-11(12)16-10/h2-6H,7-8H2,1H3. The van der Waals surface area contributed by atoms with Crippen LogP contribution in [0.25, 0.3) is 0 Å². The molecule has 2 aromatic rings. The van der Waals surface area contributed by atoms with Crippen molar-refractivity contribution in [1.29, 1.82) is 0 Å². The number of hydrogen-bond acceptors (Lipinski definition) is 4. The smallest absolute Gasteiger partial charge is 0.207 e. The molecular weight excluding hydrogens is 242 g/mol. The van der Waals surface area contributed by atoms with E-state index in [0.717, 1.165) is 18.1 Å². The molecule has 0 saturated carbocycles. The largest absolute Gasteiger partial charge is 0.295 e. The number of aromatic nitrogens is 2. The van der Waals surface area contributed by atoms with Gasteiger partial charge >= 0.3 is 0 Å². The van der Waals surface area contributed by atoms with Crippen molar-refractivity contribution in [2.24, 2.45) is 0 Å². The summed E-state index contributed by atoms with van der Waals surface area (Å²) < 4.78 is 0.503. The molecule has 2 rings (SSSR count). The fourth-order valence-electron chi connectivity index (χ4n) is 1.48. The van der Waals surface area contributed by atoms with Crippen LogP contribution >= 0.6 is 22.9 Å². The third-order valence-corrected chi connectivity index (χ3v) is 3.15. The molecule has 16 heavy (non-hydrogen) atoms.